The molecule has 0 saturated heterocycles. The first-order chi connectivity index (χ1) is 16.1. The van der Waals surface area contributed by atoms with Crippen LogP contribution in [0, 0.1) is 5.92 Å². The Labute approximate surface area is 216 Å². The van der Waals surface area contributed by atoms with Crippen LogP contribution in [0.4, 0.5) is 0 Å². The highest BCUT2D eigenvalue weighted by Gasteiger charge is 2.33. The lowest BCUT2D eigenvalue weighted by Crippen LogP contribution is -2.41. The van der Waals surface area contributed by atoms with Crippen LogP contribution in [0.25, 0.3) is 0 Å². The van der Waals surface area contributed by atoms with E-state index in [1.807, 2.05) is 0 Å². The zero-order valence-electron chi connectivity index (χ0n) is 23.3. The van der Waals surface area contributed by atoms with E-state index in [-0.39, 0.29) is 0 Å². The van der Waals surface area contributed by atoms with E-state index in [0.717, 1.165) is 25.0 Å². The van der Waals surface area contributed by atoms with Crippen molar-refractivity contribution in [2.24, 2.45) is 5.92 Å². The molecule has 0 amide bonds. The van der Waals surface area contributed by atoms with Crippen molar-refractivity contribution in [2.75, 3.05) is 19.0 Å². The third kappa shape index (κ3) is 24.0. The summed E-state index contributed by atoms with van der Waals surface area (Å²) in [4.78, 5) is 0. The molecule has 0 aromatic heterocycles. The molecule has 0 saturated carbocycles. The van der Waals surface area contributed by atoms with Crippen molar-refractivity contribution >= 4 is 21.2 Å². The molecule has 0 bridgehead atoms. The second kappa shape index (κ2) is 25.6. The molecule has 33 heavy (non-hydrogen) atoms. The van der Waals surface area contributed by atoms with Gasteiger partial charge in [-0.3, -0.25) is 0 Å². The molecule has 0 aliphatic rings. The van der Waals surface area contributed by atoms with E-state index in [4.69, 9.17) is 8.85 Å². The van der Waals surface area contributed by atoms with Gasteiger partial charge in [-0.25, -0.2) is 0 Å². The average molecular weight is 503 g/mol. The maximum absolute atomic E-state index is 6.45. The lowest BCUT2D eigenvalue weighted by Gasteiger charge is -2.29. The molecule has 0 spiro atoms. The van der Waals surface area contributed by atoms with E-state index in [1.54, 1.807) is 0 Å². The summed E-state index contributed by atoms with van der Waals surface area (Å²) < 4.78 is 12.9. The van der Waals surface area contributed by atoms with Gasteiger partial charge in [-0.15, -0.1) is 0 Å². The van der Waals surface area contributed by atoms with E-state index in [9.17, 15) is 0 Å². The first kappa shape index (κ1) is 33.5. The van der Waals surface area contributed by atoms with E-state index in [2.05, 4.69) is 39.9 Å². The largest absolute Gasteiger partial charge is 0.394 e. The van der Waals surface area contributed by atoms with E-state index in [0.29, 0.717) is 5.92 Å². The van der Waals surface area contributed by atoms with E-state index in [1.165, 1.54) is 128 Å². The molecular weight excluding hydrogens is 440 g/mol. The van der Waals surface area contributed by atoms with Crippen LogP contribution in [0.3, 0.4) is 0 Å². The minimum atomic E-state index is -2.07. The van der Waals surface area contributed by atoms with Crippen LogP contribution < -0.4 is 0 Å². The summed E-state index contributed by atoms with van der Waals surface area (Å²) in [5.41, 5.74) is 0. The van der Waals surface area contributed by atoms with Gasteiger partial charge in [0.15, 0.2) is 0 Å². The number of hydrogen-bond acceptors (Lipinski definition) is 3. The van der Waals surface area contributed by atoms with Crippen molar-refractivity contribution in [3.63, 3.8) is 0 Å². The fourth-order valence-electron chi connectivity index (χ4n) is 4.61. The summed E-state index contributed by atoms with van der Waals surface area (Å²) in [6.45, 7) is 10.9. The van der Waals surface area contributed by atoms with E-state index < -0.39 is 8.56 Å². The predicted octanol–water partition coefficient (Wildman–Crippen LogP) is 10.5. The third-order valence-electron chi connectivity index (χ3n) is 6.84. The van der Waals surface area contributed by atoms with Gasteiger partial charge in [-0.2, -0.15) is 12.6 Å². The normalized spacial score (nSPS) is 13.0. The van der Waals surface area contributed by atoms with Crippen LogP contribution in [0.1, 0.15) is 149 Å². The molecule has 1 unspecified atom stereocenters. The van der Waals surface area contributed by atoms with Gasteiger partial charge < -0.3 is 8.85 Å². The summed E-state index contributed by atoms with van der Waals surface area (Å²) in [7, 11) is -2.07. The van der Waals surface area contributed by atoms with Gasteiger partial charge in [-0.05, 0) is 37.1 Å². The Kier molecular flexibility index (Phi) is 26.0. The highest BCUT2D eigenvalue weighted by atomic mass is 32.1. The third-order valence-corrected chi connectivity index (χ3v) is 10.5. The smallest absolute Gasteiger partial charge is 0.335 e. The molecule has 0 aromatic rings. The molecule has 0 N–H and O–H groups in total. The van der Waals surface area contributed by atoms with Crippen LogP contribution in [0.5, 0.6) is 0 Å². The molecule has 1 atom stereocenters. The molecule has 4 heteroatoms. The second-order valence-corrected chi connectivity index (χ2v) is 14.3. The van der Waals surface area contributed by atoms with Gasteiger partial charge in [0.05, 0.1) is 0 Å². The van der Waals surface area contributed by atoms with Gasteiger partial charge in [0, 0.05) is 13.2 Å². The fraction of sp³-hybridized carbons (Fsp3) is 1.00. The quantitative estimate of drug-likeness (QED) is 0.0684. The zero-order chi connectivity index (χ0) is 24.5. The number of unbranched alkanes of at least 4 members (excludes halogenated alkanes) is 18. The maximum Gasteiger partial charge on any atom is 0.335 e. The summed E-state index contributed by atoms with van der Waals surface area (Å²) >= 11 is 4.51. The van der Waals surface area contributed by atoms with Crippen LogP contribution >= 0.6 is 12.6 Å². The predicted molar refractivity (Wildman–Crippen MR) is 155 cm³/mol. The van der Waals surface area contributed by atoms with Crippen molar-refractivity contribution in [3.05, 3.63) is 0 Å². The van der Waals surface area contributed by atoms with Crippen LogP contribution in [0.15, 0.2) is 0 Å². The van der Waals surface area contributed by atoms with Crippen molar-refractivity contribution in [2.45, 2.75) is 162 Å². The molecule has 0 aromatic carbocycles. The maximum atomic E-state index is 6.45. The van der Waals surface area contributed by atoms with Crippen molar-refractivity contribution in [1.82, 2.24) is 0 Å². The van der Waals surface area contributed by atoms with Gasteiger partial charge in [-0.1, -0.05) is 136 Å². The number of hydrogen-bond donors (Lipinski definition) is 1. The average Bonchev–Trinajstić information content (AvgIpc) is 2.81. The van der Waals surface area contributed by atoms with Gasteiger partial charge >= 0.3 is 8.56 Å². The van der Waals surface area contributed by atoms with Crippen LogP contribution in [0.2, 0.25) is 12.6 Å². The molecule has 0 aliphatic carbocycles. The monoisotopic (exact) mass is 502 g/mol. The minimum absolute atomic E-state index is 0.574. The van der Waals surface area contributed by atoms with Crippen LogP contribution in [-0.4, -0.2) is 27.5 Å². The fourth-order valence-corrected chi connectivity index (χ4v) is 7.87. The Bertz CT molecular complexity index is 355. The molecule has 0 radical (unpaired) electrons. The zero-order valence-corrected chi connectivity index (χ0v) is 25.2. The lowest BCUT2D eigenvalue weighted by molar-refractivity contribution is 0.163. The summed E-state index contributed by atoms with van der Waals surface area (Å²) in [5, 5.41) is 0. The Morgan fingerprint density at radius 3 is 1.15 bits per heavy atom. The number of thiol groups is 1. The SMILES string of the molecule is CCCCCCCCCCCCO[Si](C)(CC(C)CS)OCCCCCCCCCCCC. The molecule has 200 valence electrons. The molecule has 0 aliphatic heterocycles. The Balaban J connectivity index is 3.83. The van der Waals surface area contributed by atoms with Gasteiger partial charge in [0.2, 0.25) is 0 Å². The second-order valence-electron chi connectivity index (χ2n) is 10.7. The Hall–Kier alpha value is 0.487. The van der Waals surface area contributed by atoms with E-state index >= 15 is 0 Å². The number of rotatable bonds is 27. The minimum Gasteiger partial charge on any atom is -0.394 e. The Morgan fingerprint density at radius 2 is 0.848 bits per heavy atom. The van der Waals surface area contributed by atoms with Gasteiger partial charge in [0.25, 0.3) is 0 Å². The van der Waals surface area contributed by atoms with Crippen molar-refractivity contribution in [1.29, 1.82) is 0 Å². The highest BCUT2D eigenvalue weighted by Crippen LogP contribution is 2.22. The topological polar surface area (TPSA) is 18.5 Å². The molecule has 0 rings (SSSR count). The summed E-state index contributed by atoms with van der Waals surface area (Å²) in [6.07, 6.45) is 27.4. The highest BCUT2D eigenvalue weighted by molar-refractivity contribution is 7.80. The van der Waals surface area contributed by atoms with Crippen molar-refractivity contribution < 1.29 is 8.85 Å². The Morgan fingerprint density at radius 1 is 0.545 bits per heavy atom. The summed E-state index contributed by atoms with van der Waals surface area (Å²) in [6, 6.07) is 1.08. The molecular formula is C29H62O2SSi. The molecule has 2 nitrogen and oxygen atoms in total. The first-order valence-electron chi connectivity index (χ1n) is 15.0. The molecule has 0 fully saturated rings. The lowest BCUT2D eigenvalue weighted by atomic mass is 10.1. The first-order valence-corrected chi connectivity index (χ1v) is 18.1. The van der Waals surface area contributed by atoms with Crippen LogP contribution in [-0.2, 0) is 8.85 Å². The van der Waals surface area contributed by atoms with Gasteiger partial charge in [0.1, 0.15) is 0 Å². The standard InChI is InChI=1S/C29H62O2SSi/c1-5-7-9-11-13-15-17-19-21-23-25-30-33(4,28-29(3)27-32)31-26-24-22-20-18-16-14-12-10-8-6-2/h29,32H,5-28H2,1-4H3. The molecule has 0 heterocycles. The van der Waals surface area contributed by atoms with Crippen molar-refractivity contribution in [3.8, 4) is 0 Å². The summed E-state index contributed by atoms with van der Waals surface area (Å²) in [5.74, 6) is 1.50.